The molecule has 0 fully saturated rings. The van der Waals surface area contributed by atoms with Crippen molar-refractivity contribution in [2.24, 2.45) is 11.8 Å². The zero-order valence-electron chi connectivity index (χ0n) is 32.0. The molecule has 6 rings (SSSR count). The van der Waals surface area contributed by atoms with Crippen molar-refractivity contribution >= 4 is 30.9 Å². The maximum atomic E-state index is 17.9. The second-order valence-electron chi connectivity index (χ2n) is 15.3. The summed E-state index contributed by atoms with van der Waals surface area (Å²) in [5.74, 6) is -5.14. The van der Waals surface area contributed by atoms with Gasteiger partial charge in [-0.15, -0.1) is 0 Å². The maximum absolute atomic E-state index is 17.9. The molecule has 0 saturated heterocycles. The van der Waals surface area contributed by atoms with Gasteiger partial charge in [-0.3, -0.25) is 0 Å². The average Bonchev–Trinajstić information content (AvgIpc) is 3.89. The van der Waals surface area contributed by atoms with Crippen LogP contribution in [-0.2, 0) is 16.6 Å². The number of aryl methyl sites for hydroxylation is 2. The number of anilines is 2. The molecule has 0 spiro atoms. The zero-order chi connectivity index (χ0) is 39.6. The van der Waals surface area contributed by atoms with E-state index in [4.69, 9.17) is 0 Å². The van der Waals surface area contributed by atoms with Crippen LogP contribution in [0.15, 0.2) is 121 Å². The van der Waals surface area contributed by atoms with Crippen molar-refractivity contribution in [1.29, 1.82) is 0 Å². The van der Waals surface area contributed by atoms with Crippen LogP contribution in [-0.4, -0.2) is 24.9 Å². The summed E-state index contributed by atoms with van der Waals surface area (Å²) in [6, 6.07) is 18.5. The molecule has 2 aliphatic carbocycles. The Balaban J connectivity index is 1.66. The van der Waals surface area contributed by atoms with Gasteiger partial charge in [0.2, 0.25) is 0 Å². The molecule has 55 heavy (non-hydrogen) atoms. The number of nitrogens with zero attached hydrogens (tertiary/aromatic N) is 2. The van der Waals surface area contributed by atoms with Gasteiger partial charge in [-0.25, -0.2) is 0 Å². The fourth-order valence-electron chi connectivity index (χ4n) is 7.76. The Bertz CT molecular complexity index is 2030. The van der Waals surface area contributed by atoms with Crippen LogP contribution >= 0.6 is 0 Å². The first kappa shape index (κ1) is 39.9. The number of hydrogen-bond acceptors (Lipinski definition) is 2. The van der Waals surface area contributed by atoms with E-state index in [-0.39, 0.29) is 36.3 Å². The molecule has 0 heterocycles. The third kappa shape index (κ3) is 7.72. The summed E-state index contributed by atoms with van der Waals surface area (Å²) >= 11 is -5.29. The van der Waals surface area contributed by atoms with Crippen LogP contribution in [0.25, 0.3) is 0 Å². The van der Waals surface area contributed by atoms with E-state index >= 15 is 17.6 Å². The van der Waals surface area contributed by atoms with Gasteiger partial charge in [-0.05, 0) is 0 Å². The summed E-state index contributed by atoms with van der Waals surface area (Å²) in [4.78, 5) is 30.9. The molecule has 284 valence electrons. The molecular weight excluding hydrogens is 736 g/mol. The quantitative estimate of drug-likeness (QED) is 0.106. The Morgan fingerprint density at radius 1 is 0.545 bits per heavy atom. The number of halogens is 4. The monoisotopic (exact) mass is 782 g/mol. The van der Waals surface area contributed by atoms with Crippen molar-refractivity contribution in [3.05, 3.63) is 167 Å². The third-order valence-electron chi connectivity index (χ3n) is 10.3. The van der Waals surface area contributed by atoms with Gasteiger partial charge in [0.1, 0.15) is 0 Å². The summed E-state index contributed by atoms with van der Waals surface area (Å²) in [5.41, 5.74) is 2.18. The first-order chi connectivity index (χ1) is 26.2. The summed E-state index contributed by atoms with van der Waals surface area (Å²) in [5, 5.41) is 0. The number of amides is 2. The van der Waals surface area contributed by atoms with Gasteiger partial charge in [-0.1, -0.05) is 0 Å². The van der Waals surface area contributed by atoms with Crippen molar-refractivity contribution in [3.8, 4) is 0 Å². The van der Waals surface area contributed by atoms with E-state index < -0.39 is 67.9 Å². The average molecular weight is 783 g/mol. The number of benzene rings is 4. The Labute approximate surface area is 324 Å². The van der Waals surface area contributed by atoms with E-state index in [9.17, 15) is 9.59 Å². The first-order valence-corrected chi connectivity index (χ1v) is 22.1. The molecule has 2 aliphatic rings. The van der Waals surface area contributed by atoms with Gasteiger partial charge < -0.3 is 0 Å². The number of carbonyl (C=O) groups is 2. The summed E-state index contributed by atoms with van der Waals surface area (Å²) in [6.45, 7) is 11.5. The van der Waals surface area contributed by atoms with E-state index in [1.807, 2.05) is 41.5 Å². The Morgan fingerprint density at radius 2 is 0.873 bits per heavy atom. The Kier molecular flexibility index (Phi) is 12.0. The van der Waals surface area contributed by atoms with Crippen molar-refractivity contribution in [3.63, 3.8) is 0 Å². The minimum absolute atomic E-state index is 0.102. The Morgan fingerprint density at radius 3 is 1.18 bits per heavy atom. The van der Waals surface area contributed by atoms with Gasteiger partial charge in [0.15, 0.2) is 0 Å². The molecule has 4 aromatic carbocycles. The predicted octanol–water partition coefficient (Wildman–Crippen LogP) is 10.4. The van der Waals surface area contributed by atoms with E-state index in [1.54, 1.807) is 97.1 Å². The van der Waals surface area contributed by atoms with E-state index in [2.05, 4.69) is 0 Å². The van der Waals surface area contributed by atoms with Gasteiger partial charge in [0.05, 0.1) is 0 Å². The normalized spacial score (nSPS) is 14.2. The van der Waals surface area contributed by atoms with Crippen molar-refractivity contribution < 1.29 is 43.7 Å². The van der Waals surface area contributed by atoms with Gasteiger partial charge in [0.25, 0.3) is 0 Å². The van der Waals surface area contributed by atoms with Gasteiger partial charge in [0, 0.05) is 0 Å². The fraction of sp³-hybridized carbons (Fsp3) is 0.261. The molecule has 0 aliphatic heterocycles. The molecule has 0 unspecified atom stereocenters. The standard InChI is InChI=1S/2C18H18F2NO.2C5H5.Ti/c2*1-12(2)11-21(17-9-8-15(19)10-16(17)20)18(22)14-6-4-13(3)5-7-14;2*1-2-4-5-3-1;/h2*4-9,12H,11H2,1-3H3;2*1-5H;. The number of rotatable bonds is 12. The third-order valence-corrected chi connectivity index (χ3v) is 18.8. The van der Waals surface area contributed by atoms with Crippen LogP contribution in [0.2, 0.25) is 8.45 Å². The zero-order valence-corrected chi connectivity index (χ0v) is 33.6. The van der Waals surface area contributed by atoms with Crippen LogP contribution in [0.5, 0.6) is 0 Å². The first-order valence-electron chi connectivity index (χ1n) is 18.7. The molecule has 0 aromatic heterocycles. The van der Waals surface area contributed by atoms with Gasteiger partial charge >= 0.3 is 326 Å². The summed E-state index contributed by atoms with van der Waals surface area (Å²) < 4.78 is 67.5. The van der Waals surface area contributed by atoms with Gasteiger partial charge in [-0.2, -0.15) is 0 Å². The number of carbonyl (C=O) groups excluding carboxylic acids is 2. The van der Waals surface area contributed by atoms with Crippen LogP contribution in [0.3, 0.4) is 0 Å². The van der Waals surface area contributed by atoms with Crippen molar-refractivity contribution in [1.82, 2.24) is 0 Å². The van der Waals surface area contributed by atoms with Crippen LogP contribution in [0.4, 0.5) is 28.9 Å². The SMILES string of the molecule is Cc1ccc(C(=O)N(CC(C)C)c2ccc(F)[c]([Ti]([c]3c(F)ccc(N(CC(C)C)C(=O)c4ccc(C)cc4)c3F)([CH]3C=CC=C3)[CH]3C=CC=C3)c2F)cc1. The molecule has 4 nitrogen and oxygen atoms in total. The molecule has 0 radical (unpaired) electrons. The molecular formula is C46H46F4N2O2Ti. The second-order valence-corrected chi connectivity index (χ2v) is 21.7. The predicted molar refractivity (Wildman–Crippen MR) is 211 cm³/mol. The topological polar surface area (TPSA) is 40.6 Å². The molecule has 0 N–H and O–H groups in total. The second kappa shape index (κ2) is 16.5. The molecule has 2 amide bonds. The van der Waals surface area contributed by atoms with Crippen LogP contribution in [0, 0.1) is 49.0 Å². The number of allylic oxidation sites excluding steroid dienone is 8. The summed E-state index contributed by atoms with van der Waals surface area (Å²) in [7, 11) is 0. The fourth-order valence-corrected chi connectivity index (χ4v) is 16.5. The number of hydrogen-bond donors (Lipinski definition) is 0. The van der Waals surface area contributed by atoms with E-state index in [1.165, 1.54) is 21.9 Å². The Hall–Kier alpha value is -4.79. The summed E-state index contributed by atoms with van der Waals surface area (Å²) in [6.07, 6.45) is 13.9. The molecule has 0 saturated carbocycles. The molecule has 4 aromatic rings. The van der Waals surface area contributed by atoms with Crippen LogP contribution in [0.1, 0.15) is 59.5 Å². The van der Waals surface area contributed by atoms with Crippen molar-refractivity contribution in [2.45, 2.75) is 50.0 Å². The minimum atomic E-state index is -5.29. The van der Waals surface area contributed by atoms with E-state index in [0.29, 0.717) is 11.1 Å². The van der Waals surface area contributed by atoms with Crippen LogP contribution < -0.4 is 17.5 Å². The van der Waals surface area contributed by atoms with E-state index in [0.717, 1.165) is 23.3 Å². The molecule has 0 bridgehead atoms. The molecule has 0 atom stereocenters. The molecule has 9 heteroatoms. The van der Waals surface area contributed by atoms with Crippen molar-refractivity contribution in [2.75, 3.05) is 22.9 Å².